The maximum atomic E-state index is 13.0. The van der Waals surface area contributed by atoms with Gasteiger partial charge in [-0.05, 0) is 70.6 Å². The molecule has 1 aliphatic rings. The third-order valence-corrected chi connectivity index (χ3v) is 15.2. The van der Waals surface area contributed by atoms with E-state index in [4.69, 9.17) is 14.2 Å². The summed E-state index contributed by atoms with van der Waals surface area (Å²) in [6, 6.07) is -0.829. The molecule has 0 aliphatic carbocycles. The second kappa shape index (κ2) is 54.8. The lowest BCUT2D eigenvalue weighted by atomic mass is 9.99. The first-order valence-corrected chi connectivity index (χ1v) is 32.3. The normalized spacial score (nSPS) is 18.9. The van der Waals surface area contributed by atoms with Crippen molar-refractivity contribution in [1.82, 2.24) is 5.32 Å². The Balaban J connectivity index is 2.03. The zero-order valence-corrected chi connectivity index (χ0v) is 49.2. The largest absolute Gasteiger partial charge is 0.466 e. The number of aliphatic hydroxyl groups excluding tert-OH is 5. The van der Waals surface area contributed by atoms with Crippen LogP contribution in [0, 0.1) is 0 Å². The predicted molar refractivity (Wildman–Crippen MR) is 315 cm³/mol. The molecule has 0 aromatic rings. The van der Waals surface area contributed by atoms with Crippen LogP contribution in [0.1, 0.15) is 303 Å². The van der Waals surface area contributed by atoms with Crippen molar-refractivity contribution in [2.24, 2.45) is 0 Å². The lowest BCUT2D eigenvalue weighted by molar-refractivity contribution is -0.302. The van der Waals surface area contributed by atoms with E-state index in [1.807, 2.05) is 6.08 Å². The fraction of sp³-hybridized carbons (Fsp3) is 0.877. The maximum Gasteiger partial charge on any atom is 0.305 e. The molecule has 0 aromatic carbocycles. The minimum absolute atomic E-state index is 0.00219. The Bertz CT molecular complexity index is 1360. The average molecular weight is 1080 g/mol. The summed E-state index contributed by atoms with van der Waals surface area (Å²) >= 11 is 0. The minimum atomic E-state index is -1.58. The van der Waals surface area contributed by atoms with Crippen LogP contribution in [0.2, 0.25) is 0 Å². The lowest BCUT2D eigenvalue weighted by Gasteiger charge is -2.40. The Morgan fingerprint density at radius 3 is 1.30 bits per heavy atom. The highest BCUT2D eigenvalue weighted by Gasteiger charge is 2.44. The van der Waals surface area contributed by atoms with Gasteiger partial charge in [-0.15, -0.1) is 0 Å². The van der Waals surface area contributed by atoms with Gasteiger partial charge >= 0.3 is 5.97 Å². The van der Waals surface area contributed by atoms with Gasteiger partial charge in [0.2, 0.25) is 5.91 Å². The molecule has 0 radical (unpaired) electrons. The van der Waals surface area contributed by atoms with Crippen molar-refractivity contribution in [3.8, 4) is 0 Å². The molecular weight excluding hydrogens is 955 g/mol. The Kier molecular flexibility index (Phi) is 51.9. The van der Waals surface area contributed by atoms with Gasteiger partial charge in [-0.1, -0.05) is 256 Å². The van der Waals surface area contributed by atoms with Crippen LogP contribution in [-0.2, 0) is 23.8 Å². The van der Waals surface area contributed by atoms with Gasteiger partial charge in [0.25, 0.3) is 0 Å². The first-order chi connectivity index (χ1) is 37.2. The highest BCUT2D eigenvalue weighted by Crippen LogP contribution is 2.23. The molecule has 1 aliphatic heterocycles. The summed E-state index contributed by atoms with van der Waals surface area (Å²) < 4.78 is 16.7. The van der Waals surface area contributed by atoms with Crippen LogP contribution in [-0.4, -0.2) is 100 Å². The van der Waals surface area contributed by atoms with Crippen molar-refractivity contribution in [3.05, 3.63) is 36.5 Å². The summed E-state index contributed by atoms with van der Waals surface area (Å²) in [5.74, 6) is -0.193. The smallest absolute Gasteiger partial charge is 0.305 e. The van der Waals surface area contributed by atoms with Crippen LogP contribution in [0.4, 0.5) is 0 Å². The fourth-order valence-corrected chi connectivity index (χ4v) is 10.1. The van der Waals surface area contributed by atoms with E-state index in [-0.39, 0.29) is 18.5 Å². The fourth-order valence-electron chi connectivity index (χ4n) is 10.1. The molecule has 11 heteroatoms. The number of nitrogens with one attached hydrogen (secondary N) is 1. The molecule has 1 saturated heterocycles. The summed E-state index contributed by atoms with van der Waals surface area (Å²) in [6.07, 6.45) is 58.3. The number of carbonyl (C=O) groups excluding carboxylic acids is 2. The van der Waals surface area contributed by atoms with Gasteiger partial charge in [0.1, 0.15) is 24.4 Å². The van der Waals surface area contributed by atoms with Gasteiger partial charge in [0.15, 0.2) is 6.29 Å². The molecular formula is C65H121NO10. The second-order valence-corrected chi connectivity index (χ2v) is 22.5. The minimum Gasteiger partial charge on any atom is -0.466 e. The molecule has 1 heterocycles. The van der Waals surface area contributed by atoms with Crippen molar-refractivity contribution >= 4 is 11.9 Å². The summed E-state index contributed by atoms with van der Waals surface area (Å²) in [6.45, 7) is 4.32. The van der Waals surface area contributed by atoms with Gasteiger partial charge in [-0.2, -0.15) is 0 Å². The molecule has 0 spiro atoms. The number of amides is 1. The molecule has 0 bridgehead atoms. The van der Waals surface area contributed by atoms with Gasteiger partial charge in [0.05, 0.1) is 32.0 Å². The number of ether oxygens (including phenoxy) is 3. The quantitative estimate of drug-likeness (QED) is 0.0195. The summed E-state index contributed by atoms with van der Waals surface area (Å²) in [5.41, 5.74) is 0. The van der Waals surface area contributed by atoms with Gasteiger partial charge in [0, 0.05) is 12.8 Å². The second-order valence-electron chi connectivity index (χ2n) is 22.5. The van der Waals surface area contributed by atoms with E-state index in [2.05, 4.69) is 43.5 Å². The molecule has 0 aromatic heterocycles. The van der Waals surface area contributed by atoms with E-state index < -0.39 is 49.5 Å². The van der Waals surface area contributed by atoms with Crippen LogP contribution in [0.25, 0.3) is 0 Å². The number of aliphatic hydroxyl groups is 5. The summed E-state index contributed by atoms with van der Waals surface area (Å²) in [5, 5.41) is 54.3. The SMILES string of the molecule is CCCCCCCC/C=C/CC/C=C/C(O)C(COC1OC(CO)C(O)C(O)C1O)NC(=O)CCCCCCCCCCC/C=C\CCCCCCCCCCCCCCOC(=O)CCCCCCCCCCCCC. The Hall–Kier alpha value is -2.12. The van der Waals surface area contributed by atoms with Gasteiger partial charge in [-0.3, -0.25) is 9.59 Å². The number of unbranched alkanes of at least 4 members (excludes halogenated alkanes) is 38. The molecule has 1 fully saturated rings. The molecule has 1 rings (SSSR count). The molecule has 6 N–H and O–H groups in total. The highest BCUT2D eigenvalue weighted by atomic mass is 16.7. The Morgan fingerprint density at radius 2 is 0.855 bits per heavy atom. The van der Waals surface area contributed by atoms with Crippen molar-refractivity contribution in [2.75, 3.05) is 19.8 Å². The number of hydrogen-bond donors (Lipinski definition) is 6. The number of esters is 1. The van der Waals surface area contributed by atoms with E-state index in [9.17, 15) is 35.1 Å². The molecule has 7 unspecified atom stereocenters. The van der Waals surface area contributed by atoms with E-state index in [0.29, 0.717) is 19.4 Å². The first-order valence-electron chi connectivity index (χ1n) is 32.3. The molecule has 7 atom stereocenters. The summed E-state index contributed by atoms with van der Waals surface area (Å²) in [7, 11) is 0. The topological polar surface area (TPSA) is 175 Å². The average Bonchev–Trinajstić information content (AvgIpc) is 3.42. The maximum absolute atomic E-state index is 13.0. The van der Waals surface area contributed by atoms with Gasteiger partial charge in [-0.25, -0.2) is 0 Å². The molecule has 1 amide bonds. The molecule has 0 saturated carbocycles. The van der Waals surface area contributed by atoms with Crippen LogP contribution < -0.4 is 5.32 Å². The third kappa shape index (κ3) is 43.7. The zero-order chi connectivity index (χ0) is 55.2. The van der Waals surface area contributed by atoms with Crippen molar-refractivity contribution in [3.63, 3.8) is 0 Å². The standard InChI is InChI=1S/C65H121NO10/c1-3-5-7-9-11-13-15-32-35-39-43-47-51-58(68)57(56-75-65-64(73)63(72)62(71)59(55-67)76-65)66-60(69)52-48-44-40-36-33-29-27-25-23-21-19-17-16-18-20-22-24-26-28-30-34-38-42-46-50-54-74-61(70)53-49-45-41-37-31-14-12-10-8-6-4-2/h17,19,32,35,47,51,57-59,62-65,67-68,71-73H,3-16,18,20-31,33-34,36-46,48-50,52-56H2,1-2H3,(H,66,69)/b19-17-,35-32+,51-47+. The van der Waals surface area contributed by atoms with Crippen molar-refractivity contribution < 1.29 is 49.3 Å². The number of rotatable bonds is 56. The van der Waals surface area contributed by atoms with Crippen LogP contribution in [0.5, 0.6) is 0 Å². The Labute approximate surface area is 466 Å². The zero-order valence-electron chi connectivity index (χ0n) is 49.2. The van der Waals surface area contributed by atoms with Crippen LogP contribution >= 0.6 is 0 Å². The van der Waals surface area contributed by atoms with E-state index >= 15 is 0 Å². The molecule has 76 heavy (non-hydrogen) atoms. The van der Waals surface area contributed by atoms with Crippen molar-refractivity contribution in [2.45, 2.75) is 346 Å². The highest BCUT2D eigenvalue weighted by molar-refractivity contribution is 5.76. The Morgan fingerprint density at radius 1 is 0.474 bits per heavy atom. The van der Waals surface area contributed by atoms with Crippen LogP contribution in [0.3, 0.4) is 0 Å². The monoisotopic (exact) mass is 1080 g/mol. The lowest BCUT2D eigenvalue weighted by Crippen LogP contribution is -2.60. The van der Waals surface area contributed by atoms with E-state index in [1.165, 1.54) is 212 Å². The van der Waals surface area contributed by atoms with Crippen LogP contribution in [0.15, 0.2) is 36.5 Å². The number of allylic oxidation sites excluding steroid dienone is 5. The molecule has 446 valence electrons. The molecule has 11 nitrogen and oxygen atoms in total. The van der Waals surface area contributed by atoms with E-state index in [0.717, 1.165) is 64.2 Å². The van der Waals surface area contributed by atoms with Crippen molar-refractivity contribution in [1.29, 1.82) is 0 Å². The first kappa shape index (κ1) is 71.9. The van der Waals surface area contributed by atoms with E-state index in [1.54, 1.807) is 6.08 Å². The predicted octanol–water partition coefficient (Wildman–Crippen LogP) is 15.5. The van der Waals surface area contributed by atoms with Gasteiger partial charge < -0.3 is 45.1 Å². The number of carbonyl (C=O) groups is 2. The number of hydrogen-bond acceptors (Lipinski definition) is 10. The summed E-state index contributed by atoms with van der Waals surface area (Å²) in [4.78, 5) is 25.0. The third-order valence-electron chi connectivity index (χ3n) is 15.2.